The number of hydrogen-bond donors (Lipinski definition) is 1. The van der Waals surface area contributed by atoms with Crippen LogP contribution in [0.15, 0.2) is 18.2 Å². The van der Waals surface area contributed by atoms with E-state index in [4.69, 9.17) is 5.26 Å². The summed E-state index contributed by atoms with van der Waals surface area (Å²) < 4.78 is 13.5. The topological polar surface area (TPSA) is 56.1 Å². The summed E-state index contributed by atoms with van der Waals surface area (Å²) in [6.45, 7) is 1.33. The number of nitriles is 1. The van der Waals surface area contributed by atoms with Crippen molar-refractivity contribution in [3.63, 3.8) is 0 Å². The first-order valence-corrected chi connectivity index (χ1v) is 6.69. The minimum atomic E-state index is -0.534. The van der Waals surface area contributed by atoms with Crippen LogP contribution in [0, 0.1) is 17.1 Å². The van der Waals surface area contributed by atoms with E-state index in [1.165, 1.54) is 18.2 Å². The first-order valence-electron chi connectivity index (χ1n) is 5.54. The predicted octanol–water partition coefficient (Wildman–Crippen LogP) is 2.28. The second kappa shape index (κ2) is 5.74. The summed E-state index contributed by atoms with van der Waals surface area (Å²) in [6, 6.07) is 5.49. The van der Waals surface area contributed by atoms with Gasteiger partial charge in [0.2, 0.25) is 0 Å². The number of hydrogen-bond acceptors (Lipinski definition) is 3. The molecule has 6 heteroatoms. The first kappa shape index (κ1) is 12.7. The van der Waals surface area contributed by atoms with Gasteiger partial charge in [0.15, 0.2) is 0 Å². The van der Waals surface area contributed by atoms with Gasteiger partial charge in [-0.25, -0.2) is 9.18 Å². The Hall–Kier alpha value is -1.74. The molecule has 0 atom stereocenters. The molecule has 1 aliphatic rings. The Morgan fingerprint density at radius 2 is 2.17 bits per heavy atom. The fourth-order valence-corrected chi connectivity index (χ4v) is 2.55. The van der Waals surface area contributed by atoms with Crippen molar-refractivity contribution in [2.45, 2.75) is 0 Å². The average Bonchev–Trinajstić information content (AvgIpc) is 2.42. The molecule has 0 aliphatic carbocycles. The summed E-state index contributed by atoms with van der Waals surface area (Å²) in [4.78, 5) is 13.5. The van der Waals surface area contributed by atoms with E-state index >= 15 is 0 Å². The van der Waals surface area contributed by atoms with Gasteiger partial charge in [-0.1, -0.05) is 0 Å². The Kier molecular flexibility index (Phi) is 4.05. The summed E-state index contributed by atoms with van der Waals surface area (Å²) >= 11 is 1.79. The van der Waals surface area contributed by atoms with Gasteiger partial charge in [0.05, 0.1) is 17.3 Å². The highest BCUT2D eigenvalue weighted by Gasteiger charge is 2.17. The molecule has 0 saturated carbocycles. The zero-order valence-corrected chi connectivity index (χ0v) is 10.5. The van der Waals surface area contributed by atoms with E-state index in [2.05, 4.69) is 5.32 Å². The van der Waals surface area contributed by atoms with Crippen molar-refractivity contribution in [3.05, 3.63) is 29.6 Å². The van der Waals surface area contributed by atoms with E-state index in [1.807, 2.05) is 6.07 Å². The Balaban J connectivity index is 2.08. The lowest BCUT2D eigenvalue weighted by molar-refractivity contribution is 0.217. The molecule has 1 heterocycles. The van der Waals surface area contributed by atoms with Crippen molar-refractivity contribution < 1.29 is 9.18 Å². The number of amides is 2. The Labute approximate surface area is 109 Å². The molecule has 18 heavy (non-hydrogen) atoms. The summed E-state index contributed by atoms with van der Waals surface area (Å²) in [5.41, 5.74) is 0.373. The number of rotatable bonds is 1. The van der Waals surface area contributed by atoms with Gasteiger partial charge in [0.1, 0.15) is 5.82 Å². The maximum atomic E-state index is 13.5. The van der Waals surface area contributed by atoms with Gasteiger partial charge in [-0.2, -0.15) is 17.0 Å². The number of carbonyl (C=O) groups is 1. The number of urea groups is 1. The van der Waals surface area contributed by atoms with E-state index in [0.29, 0.717) is 18.7 Å². The Bertz CT molecular complexity index is 495. The lowest BCUT2D eigenvalue weighted by atomic mass is 10.2. The highest BCUT2D eigenvalue weighted by molar-refractivity contribution is 7.99. The third-order valence-electron chi connectivity index (χ3n) is 2.64. The molecule has 1 aliphatic heterocycles. The van der Waals surface area contributed by atoms with Gasteiger partial charge in [-0.3, -0.25) is 0 Å². The highest BCUT2D eigenvalue weighted by Crippen LogP contribution is 2.17. The van der Waals surface area contributed by atoms with Crippen LogP contribution in [0.1, 0.15) is 5.56 Å². The minimum absolute atomic E-state index is 0.0530. The Morgan fingerprint density at radius 3 is 2.83 bits per heavy atom. The molecular weight excluding hydrogens is 253 g/mol. The fourth-order valence-electron chi connectivity index (χ4n) is 1.65. The van der Waals surface area contributed by atoms with Crippen LogP contribution in [0.25, 0.3) is 0 Å². The molecule has 1 saturated heterocycles. The number of anilines is 1. The lowest BCUT2D eigenvalue weighted by Crippen LogP contribution is -2.40. The van der Waals surface area contributed by atoms with Gasteiger partial charge >= 0.3 is 6.03 Å². The molecule has 1 fully saturated rings. The van der Waals surface area contributed by atoms with Crippen molar-refractivity contribution >= 4 is 23.5 Å². The van der Waals surface area contributed by atoms with Crippen LogP contribution in [-0.4, -0.2) is 35.5 Å². The smallest absolute Gasteiger partial charge is 0.321 e. The van der Waals surface area contributed by atoms with Gasteiger partial charge in [-0.15, -0.1) is 0 Å². The minimum Gasteiger partial charge on any atom is -0.323 e. The van der Waals surface area contributed by atoms with Crippen molar-refractivity contribution in [1.29, 1.82) is 5.26 Å². The molecule has 0 unspecified atom stereocenters. The molecule has 94 valence electrons. The van der Waals surface area contributed by atoms with Gasteiger partial charge in [-0.05, 0) is 18.2 Å². The molecule has 0 spiro atoms. The number of halogens is 1. The predicted molar refractivity (Wildman–Crippen MR) is 69.0 cm³/mol. The number of benzene rings is 1. The zero-order valence-electron chi connectivity index (χ0n) is 9.65. The lowest BCUT2D eigenvalue weighted by Gasteiger charge is -2.26. The van der Waals surface area contributed by atoms with Gasteiger partial charge < -0.3 is 10.2 Å². The summed E-state index contributed by atoms with van der Waals surface area (Å²) in [6.07, 6.45) is 0. The second-order valence-electron chi connectivity index (χ2n) is 3.84. The highest BCUT2D eigenvalue weighted by atomic mass is 32.2. The average molecular weight is 265 g/mol. The fraction of sp³-hybridized carbons (Fsp3) is 0.333. The second-order valence-corrected chi connectivity index (χ2v) is 5.06. The van der Waals surface area contributed by atoms with E-state index < -0.39 is 5.82 Å². The summed E-state index contributed by atoms with van der Waals surface area (Å²) in [5, 5.41) is 11.2. The van der Waals surface area contributed by atoms with Crippen molar-refractivity contribution in [2.75, 3.05) is 29.9 Å². The van der Waals surface area contributed by atoms with E-state index in [-0.39, 0.29) is 11.7 Å². The zero-order chi connectivity index (χ0) is 13.0. The van der Waals surface area contributed by atoms with Crippen LogP contribution in [-0.2, 0) is 0 Å². The molecule has 1 aromatic rings. The van der Waals surface area contributed by atoms with Crippen molar-refractivity contribution in [1.82, 2.24) is 4.90 Å². The molecule has 2 rings (SSSR count). The van der Waals surface area contributed by atoms with Crippen LogP contribution < -0.4 is 5.32 Å². The maximum absolute atomic E-state index is 13.5. The van der Waals surface area contributed by atoms with E-state index in [1.54, 1.807) is 16.7 Å². The SMILES string of the molecule is N#Cc1ccc(F)c(NC(=O)N2CCSCC2)c1. The number of nitrogens with one attached hydrogen (secondary N) is 1. The number of carbonyl (C=O) groups excluding carboxylic acids is 1. The standard InChI is InChI=1S/C12H12FN3OS/c13-10-2-1-9(8-14)7-11(10)15-12(17)16-3-5-18-6-4-16/h1-2,7H,3-6H2,(H,15,17). The van der Waals surface area contributed by atoms with Crippen LogP contribution in [0.2, 0.25) is 0 Å². The summed E-state index contributed by atoms with van der Waals surface area (Å²) in [7, 11) is 0. The van der Waals surface area contributed by atoms with Crippen LogP contribution in [0.5, 0.6) is 0 Å². The molecule has 0 aromatic heterocycles. The van der Waals surface area contributed by atoms with Crippen molar-refractivity contribution in [2.24, 2.45) is 0 Å². The molecule has 2 amide bonds. The first-order chi connectivity index (χ1) is 8.70. The number of nitrogens with zero attached hydrogens (tertiary/aromatic N) is 2. The van der Waals surface area contributed by atoms with Crippen LogP contribution in [0.3, 0.4) is 0 Å². The molecule has 1 N–H and O–H groups in total. The Morgan fingerprint density at radius 1 is 1.44 bits per heavy atom. The van der Waals surface area contributed by atoms with Crippen LogP contribution in [0.4, 0.5) is 14.9 Å². The molecular formula is C12H12FN3OS. The van der Waals surface area contributed by atoms with Crippen molar-refractivity contribution in [3.8, 4) is 6.07 Å². The third-order valence-corrected chi connectivity index (χ3v) is 3.58. The molecule has 1 aromatic carbocycles. The monoisotopic (exact) mass is 265 g/mol. The normalized spacial score (nSPS) is 15.0. The third kappa shape index (κ3) is 2.93. The van der Waals surface area contributed by atoms with Gasteiger partial charge in [0.25, 0.3) is 0 Å². The van der Waals surface area contributed by atoms with E-state index in [0.717, 1.165) is 11.5 Å². The van der Waals surface area contributed by atoms with Gasteiger partial charge in [0, 0.05) is 24.6 Å². The largest absolute Gasteiger partial charge is 0.323 e. The van der Waals surface area contributed by atoms with Crippen LogP contribution >= 0.6 is 11.8 Å². The quantitative estimate of drug-likeness (QED) is 0.847. The maximum Gasteiger partial charge on any atom is 0.321 e. The molecule has 0 radical (unpaired) electrons. The van der Waals surface area contributed by atoms with E-state index in [9.17, 15) is 9.18 Å². The molecule has 4 nitrogen and oxygen atoms in total. The molecule has 0 bridgehead atoms. The summed E-state index contributed by atoms with van der Waals surface area (Å²) in [5.74, 6) is 1.26. The number of thioether (sulfide) groups is 1.